The topological polar surface area (TPSA) is 117 Å². The SMILES string of the molecule is COc1ccc(NC(=O)COC(=O)c2ccc([N+](=O)[O-])cc2)cc1OC. The summed E-state index contributed by atoms with van der Waals surface area (Å²) in [6.07, 6.45) is 0. The maximum atomic E-state index is 11.9. The molecule has 0 bridgehead atoms. The molecular weight excluding hydrogens is 344 g/mol. The number of nitro groups is 1. The van der Waals surface area contributed by atoms with Gasteiger partial charge in [0.1, 0.15) is 0 Å². The number of non-ortho nitro benzene ring substituents is 1. The summed E-state index contributed by atoms with van der Waals surface area (Å²) in [6, 6.07) is 9.67. The van der Waals surface area contributed by atoms with Crippen molar-refractivity contribution >= 4 is 23.3 Å². The number of esters is 1. The van der Waals surface area contributed by atoms with Gasteiger partial charge in [0.05, 0.1) is 24.7 Å². The smallest absolute Gasteiger partial charge is 0.338 e. The van der Waals surface area contributed by atoms with Gasteiger partial charge in [-0.2, -0.15) is 0 Å². The summed E-state index contributed by atoms with van der Waals surface area (Å²) in [5.74, 6) is -0.363. The van der Waals surface area contributed by atoms with Crippen molar-refractivity contribution in [1.29, 1.82) is 0 Å². The van der Waals surface area contributed by atoms with E-state index in [1.165, 1.54) is 38.5 Å². The van der Waals surface area contributed by atoms with E-state index in [1.54, 1.807) is 18.2 Å². The highest BCUT2D eigenvalue weighted by Gasteiger charge is 2.13. The third-order valence-electron chi connectivity index (χ3n) is 3.32. The first-order valence-electron chi connectivity index (χ1n) is 7.38. The van der Waals surface area contributed by atoms with E-state index in [4.69, 9.17) is 14.2 Å². The Morgan fingerprint density at radius 3 is 2.27 bits per heavy atom. The van der Waals surface area contributed by atoms with E-state index in [1.807, 2.05) is 0 Å². The molecule has 0 saturated carbocycles. The number of hydrogen-bond donors (Lipinski definition) is 1. The zero-order chi connectivity index (χ0) is 19.1. The lowest BCUT2D eigenvalue weighted by Crippen LogP contribution is -2.21. The molecule has 2 rings (SSSR count). The first-order chi connectivity index (χ1) is 12.4. The Morgan fingerprint density at radius 1 is 1.04 bits per heavy atom. The molecule has 26 heavy (non-hydrogen) atoms. The zero-order valence-electron chi connectivity index (χ0n) is 14.1. The molecule has 0 unspecified atom stereocenters. The van der Waals surface area contributed by atoms with Crippen LogP contribution in [0.4, 0.5) is 11.4 Å². The van der Waals surface area contributed by atoms with Crippen molar-refractivity contribution in [3.63, 3.8) is 0 Å². The molecule has 0 fully saturated rings. The maximum absolute atomic E-state index is 11.9. The molecule has 1 amide bonds. The number of nitrogens with one attached hydrogen (secondary N) is 1. The Balaban J connectivity index is 1.92. The third kappa shape index (κ3) is 4.69. The van der Waals surface area contributed by atoms with Crippen molar-refractivity contribution in [3.05, 3.63) is 58.1 Å². The molecule has 0 aliphatic carbocycles. The van der Waals surface area contributed by atoms with E-state index in [0.717, 1.165) is 0 Å². The molecule has 0 aliphatic rings. The number of benzene rings is 2. The zero-order valence-corrected chi connectivity index (χ0v) is 14.1. The Hall–Kier alpha value is -3.62. The van der Waals surface area contributed by atoms with Crippen LogP contribution in [0.25, 0.3) is 0 Å². The fourth-order valence-corrected chi connectivity index (χ4v) is 2.04. The summed E-state index contributed by atoms with van der Waals surface area (Å²) in [4.78, 5) is 33.8. The van der Waals surface area contributed by atoms with Gasteiger partial charge in [-0.3, -0.25) is 14.9 Å². The largest absolute Gasteiger partial charge is 0.493 e. The van der Waals surface area contributed by atoms with Crippen LogP contribution in [-0.4, -0.2) is 37.6 Å². The number of methoxy groups -OCH3 is 2. The summed E-state index contributed by atoms with van der Waals surface area (Å²) in [5.41, 5.74) is 0.404. The van der Waals surface area contributed by atoms with Gasteiger partial charge < -0.3 is 19.5 Å². The van der Waals surface area contributed by atoms with Gasteiger partial charge in [-0.1, -0.05) is 0 Å². The second-order valence-corrected chi connectivity index (χ2v) is 5.00. The lowest BCUT2D eigenvalue weighted by molar-refractivity contribution is -0.384. The molecule has 9 nitrogen and oxygen atoms in total. The van der Waals surface area contributed by atoms with Crippen LogP contribution in [-0.2, 0) is 9.53 Å². The fraction of sp³-hybridized carbons (Fsp3) is 0.176. The molecule has 0 atom stereocenters. The highest BCUT2D eigenvalue weighted by Crippen LogP contribution is 2.29. The predicted octanol–water partition coefficient (Wildman–Crippen LogP) is 2.41. The number of ether oxygens (including phenoxy) is 3. The molecule has 136 valence electrons. The van der Waals surface area contributed by atoms with E-state index in [2.05, 4.69) is 5.32 Å². The fourth-order valence-electron chi connectivity index (χ4n) is 2.04. The number of nitrogens with zero attached hydrogens (tertiary/aromatic N) is 1. The molecular formula is C17H16N2O7. The van der Waals surface area contributed by atoms with E-state index < -0.39 is 23.4 Å². The van der Waals surface area contributed by atoms with Gasteiger partial charge in [0.2, 0.25) is 0 Å². The second-order valence-electron chi connectivity index (χ2n) is 5.00. The number of anilines is 1. The first-order valence-corrected chi connectivity index (χ1v) is 7.38. The Kier molecular flexibility index (Phi) is 6.10. The van der Waals surface area contributed by atoms with Crippen molar-refractivity contribution in [2.24, 2.45) is 0 Å². The van der Waals surface area contributed by atoms with Crippen molar-refractivity contribution in [1.82, 2.24) is 0 Å². The van der Waals surface area contributed by atoms with Crippen molar-refractivity contribution in [3.8, 4) is 11.5 Å². The molecule has 0 heterocycles. The van der Waals surface area contributed by atoms with Gasteiger partial charge in [-0.05, 0) is 24.3 Å². The summed E-state index contributed by atoms with van der Waals surface area (Å²) >= 11 is 0. The standard InChI is InChI=1S/C17H16N2O7/c1-24-14-8-5-12(9-15(14)25-2)18-16(20)10-26-17(21)11-3-6-13(7-4-11)19(22)23/h3-9H,10H2,1-2H3,(H,18,20). The molecule has 0 radical (unpaired) electrons. The number of nitro benzene ring substituents is 1. The van der Waals surface area contributed by atoms with Crippen LogP contribution < -0.4 is 14.8 Å². The van der Waals surface area contributed by atoms with Crippen LogP contribution in [0, 0.1) is 10.1 Å². The molecule has 0 aliphatic heterocycles. The second kappa shape index (κ2) is 8.47. The van der Waals surface area contributed by atoms with E-state index in [0.29, 0.717) is 17.2 Å². The molecule has 1 N–H and O–H groups in total. The minimum absolute atomic E-state index is 0.106. The Labute approximate surface area is 148 Å². The average molecular weight is 360 g/mol. The molecule has 0 saturated heterocycles. The summed E-state index contributed by atoms with van der Waals surface area (Å²) in [5, 5.41) is 13.1. The Bertz CT molecular complexity index is 818. The average Bonchev–Trinajstić information content (AvgIpc) is 2.66. The van der Waals surface area contributed by atoms with E-state index >= 15 is 0 Å². The van der Waals surface area contributed by atoms with Crippen molar-refractivity contribution < 1.29 is 28.7 Å². The number of rotatable bonds is 7. The molecule has 0 aromatic heterocycles. The normalized spacial score (nSPS) is 9.92. The van der Waals surface area contributed by atoms with E-state index in [-0.39, 0.29) is 11.3 Å². The van der Waals surface area contributed by atoms with Crippen LogP contribution >= 0.6 is 0 Å². The summed E-state index contributed by atoms with van der Waals surface area (Å²) in [6.45, 7) is -0.510. The van der Waals surface area contributed by atoms with E-state index in [9.17, 15) is 19.7 Å². The van der Waals surface area contributed by atoms with Crippen LogP contribution in [0.2, 0.25) is 0 Å². The van der Waals surface area contributed by atoms with Crippen molar-refractivity contribution in [2.75, 3.05) is 26.1 Å². The molecule has 0 spiro atoms. The lowest BCUT2D eigenvalue weighted by Gasteiger charge is -2.10. The minimum Gasteiger partial charge on any atom is -0.493 e. The monoisotopic (exact) mass is 360 g/mol. The van der Waals surface area contributed by atoms with Crippen LogP contribution in [0.5, 0.6) is 11.5 Å². The highest BCUT2D eigenvalue weighted by molar-refractivity contribution is 5.95. The summed E-state index contributed by atoms with van der Waals surface area (Å²) in [7, 11) is 2.96. The number of amides is 1. The van der Waals surface area contributed by atoms with Crippen molar-refractivity contribution in [2.45, 2.75) is 0 Å². The molecule has 2 aromatic rings. The van der Waals surface area contributed by atoms with Crippen LogP contribution in [0.3, 0.4) is 0 Å². The van der Waals surface area contributed by atoms with Gasteiger partial charge in [-0.25, -0.2) is 4.79 Å². The van der Waals surface area contributed by atoms with Gasteiger partial charge in [0.15, 0.2) is 18.1 Å². The Morgan fingerprint density at radius 2 is 1.69 bits per heavy atom. The number of hydrogen-bond acceptors (Lipinski definition) is 7. The quantitative estimate of drug-likeness (QED) is 0.458. The minimum atomic E-state index is -0.762. The predicted molar refractivity (Wildman–Crippen MR) is 91.6 cm³/mol. The van der Waals surface area contributed by atoms with Gasteiger partial charge >= 0.3 is 5.97 Å². The molecule has 2 aromatic carbocycles. The highest BCUT2D eigenvalue weighted by atomic mass is 16.6. The molecule has 9 heteroatoms. The van der Waals surface area contributed by atoms with Gasteiger partial charge in [-0.15, -0.1) is 0 Å². The number of carbonyl (C=O) groups is 2. The van der Waals surface area contributed by atoms with Crippen LogP contribution in [0.15, 0.2) is 42.5 Å². The van der Waals surface area contributed by atoms with Gasteiger partial charge in [0.25, 0.3) is 11.6 Å². The first kappa shape index (κ1) is 18.7. The number of carbonyl (C=O) groups excluding carboxylic acids is 2. The summed E-state index contributed by atoms with van der Waals surface area (Å²) < 4.78 is 15.1. The third-order valence-corrected chi connectivity index (χ3v) is 3.32. The lowest BCUT2D eigenvalue weighted by atomic mass is 10.2. The van der Waals surface area contributed by atoms with Gasteiger partial charge in [0, 0.05) is 23.9 Å². The van der Waals surface area contributed by atoms with Crippen LogP contribution in [0.1, 0.15) is 10.4 Å². The maximum Gasteiger partial charge on any atom is 0.338 e.